The number of hydrogen-bond acceptors (Lipinski definition) is 3. The molecule has 2 aromatic rings. The molecule has 1 fully saturated rings. The van der Waals surface area contributed by atoms with Crippen molar-refractivity contribution in [2.75, 3.05) is 33.3 Å². The molecule has 0 saturated carbocycles. The minimum absolute atomic E-state index is 0.00632. The van der Waals surface area contributed by atoms with E-state index in [0.717, 1.165) is 12.1 Å². The highest BCUT2D eigenvalue weighted by atomic mass is 16.5. The van der Waals surface area contributed by atoms with E-state index < -0.39 is 0 Å². The van der Waals surface area contributed by atoms with E-state index in [2.05, 4.69) is 4.98 Å². The van der Waals surface area contributed by atoms with Crippen LogP contribution in [0.25, 0.3) is 0 Å². The molecule has 2 heterocycles. The third-order valence-corrected chi connectivity index (χ3v) is 4.53. The number of H-pyrrole nitrogens is 1. The predicted octanol–water partition coefficient (Wildman–Crippen LogP) is 2.18. The van der Waals surface area contributed by atoms with Crippen LogP contribution in [-0.4, -0.2) is 59.9 Å². The Hall–Kier alpha value is -2.76. The Balaban J connectivity index is 1.61. The summed E-state index contributed by atoms with van der Waals surface area (Å²) in [7, 11) is 1.58. The van der Waals surface area contributed by atoms with Gasteiger partial charge in [-0.25, -0.2) is 0 Å². The summed E-state index contributed by atoms with van der Waals surface area (Å²) in [4.78, 5) is 31.9. The van der Waals surface area contributed by atoms with Gasteiger partial charge >= 0.3 is 0 Å². The highest BCUT2D eigenvalue weighted by Gasteiger charge is 2.26. The molecule has 6 nitrogen and oxygen atoms in total. The Kier molecular flexibility index (Phi) is 5.07. The number of carbonyl (C=O) groups is 2. The Morgan fingerprint density at radius 2 is 1.72 bits per heavy atom. The largest absolute Gasteiger partial charge is 0.497 e. The van der Waals surface area contributed by atoms with Crippen LogP contribution in [-0.2, 0) is 6.42 Å². The van der Waals surface area contributed by atoms with Gasteiger partial charge in [-0.3, -0.25) is 9.59 Å². The van der Waals surface area contributed by atoms with Crippen LogP contribution in [0.1, 0.15) is 33.5 Å². The summed E-state index contributed by atoms with van der Waals surface area (Å²) in [6, 6.07) is 10.9. The van der Waals surface area contributed by atoms with E-state index >= 15 is 0 Å². The molecule has 132 valence electrons. The molecule has 25 heavy (non-hydrogen) atoms. The summed E-state index contributed by atoms with van der Waals surface area (Å²) in [5.41, 5.74) is 2.27. The fraction of sp³-hybridized carbons (Fsp3) is 0.368. The molecule has 0 aliphatic carbocycles. The molecule has 6 heteroatoms. The fourth-order valence-electron chi connectivity index (χ4n) is 2.99. The van der Waals surface area contributed by atoms with Crippen molar-refractivity contribution in [1.82, 2.24) is 14.8 Å². The smallest absolute Gasteiger partial charge is 0.270 e. The molecule has 0 radical (unpaired) electrons. The first-order valence-corrected chi connectivity index (χ1v) is 8.53. The molecule has 1 aromatic carbocycles. The number of nitrogens with one attached hydrogen (secondary N) is 1. The number of ether oxygens (including phenoxy) is 1. The van der Waals surface area contributed by atoms with Gasteiger partial charge in [0.15, 0.2) is 0 Å². The second-order valence-corrected chi connectivity index (χ2v) is 6.07. The molecule has 1 saturated heterocycles. The Morgan fingerprint density at radius 3 is 2.32 bits per heavy atom. The number of aryl methyl sites for hydroxylation is 1. The van der Waals surface area contributed by atoms with Gasteiger partial charge in [-0.05, 0) is 36.8 Å². The van der Waals surface area contributed by atoms with Crippen LogP contribution in [0.3, 0.4) is 0 Å². The van der Waals surface area contributed by atoms with E-state index in [-0.39, 0.29) is 11.8 Å². The van der Waals surface area contributed by atoms with Crippen molar-refractivity contribution in [1.29, 1.82) is 0 Å². The SMILES string of the molecule is CCc1ccc(C(=O)N2CCN(C(=O)c3cccc(OC)c3)CC2)[nH]1. The number of nitrogens with zero attached hydrogens (tertiary/aromatic N) is 2. The molecule has 1 aromatic heterocycles. The zero-order chi connectivity index (χ0) is 17.8. The molecule has 0 bridgehead atoms. The Bertz CT molecular complexity index is 761. The van der Waals surface area contributed by atoms with Crippen molar-refractivity contribution in [2.24, 2.45) is 0 Å². The van der Waals surface area contributed by atoms with Gasteiger partial charge in [0.05, 0.1) is 7.11 Å². The van der Waals surface area contributed by atoms with Gasteiger partial charge in [-0.1, -0.05) is 13.0 Å². The van der Waals surface area contributed by atoms with Crippen LogP contribution < -0.4 is 4.74 Å². The van der Waals surface area contributed by atoms with Gasteiger partial charge in [0.25, 0.3) is 11.8 Å². The van der Waals surface area contributed by atoms with Gasteiger partial charge in [0.2, 0.25) is 0 Å². The van der Waals surface area contributed by atoms with Gasteiger partial charge in [0.1, 0.15) is 11.4 Å². The van der Waals surface area contributed by atoms with Crippen LogP contribution >= 0.6 is 0 Å². The van der Waals surface area contributed by atoms with E-state index in [1.165, 1.54) is 0 Å². The second kappa shape index (κ2) is 7.42. The topological polar surface area (TPSA) is 65.6 Å². The van der Waals surface area contributed by atoms with Crippen molar-refractivity contribution >= 4 is 11.8 Å². The summed E-state index contributed by atoms with van der Waals surface area (Å²) < 4.78 is 5.17. The average Bonchev–Trinajstić information content (AvgIpc) is 3.16. The molecular weight excluding hydrogens is 318 g/mol. The van der Waals surface area contributed by atoms with Gasteiger partial charge in [-0.15, -0.1) is 0 Å². The normalized spacial score (nSPS) is 14.5. The lowest BCUT2D eigenvalue weighted by Crippen LogP contribution is -2.50. The molecule has 1 aliphatic heterocycles. The number of aromatic amines is 1. The molecule has 0 unspecified atom stereocenters. The number of piperazine rings is 1. The first-order valence-electron chi connectivity index (χ1n) is 8.53. The summed E-state index contributed by atoms with van der Waals surface area (Å²) in [6.07, 6.45) is 0.871. The molecule has 1 aliphatic rings. The Morgan fingerprint density at radius 1 is 1.04 bits per heavy atom. The van der Waals surface area contributed by atoms with Crippen LogP contribution in [0.4, 0.5) is 0 Å². The predicted molar refractivity (Wildman–Crippen MR) is 95.0 cm³/mol. The van der Waals surface area contributed by atoms with Crippen LogP contribution in [0.2, 0.25) is 0 Å². The minimum Gasteiger partial charge on any atom is -0.497 e. The quantitative estimate of drug-likeness (QED) is 0.927. The summed E-state index contributed by atoms with van der Waals surface area (Å²) in [5.74, 6) is 0.630. The highest BCUT2D eigenvalue weighted by Crippen LogP contribution is 2.16. The number of benzene rings is 1. The minimum atomic E-state index is -0.0286. The van der Waals surface area contributed by atoms with Crippen LogP contribution in [0, 0.1) is 0 Å². The van der Waals surface area contributed by atoms with Crippen molar-refractivity contribution in [3.8, 4) is 5.75 Å². The molecule has 2 amide bonds. The summed E-state index contributed by atoms with van der Waals surface area (Å²) in [5, 5.41) is 0. The molecule has 3 rings (SSSR count). The van der Waals surface area contributed by atoms with Crippen molar-refractivity contribution in [3.05, 3.63) is 53.3 Å². The highest BCUT2D eigenvalue weighted by molar-refractivity contribution is 5.95. The molecule has 1 N–H and O–H groups in total. The van der Waals surface area contributed by atoms with E-state index in [0.29, 0.717) is 43.2 Å². The first kappa shape index (κ1) is 17.1. The summed E-state index contributed by atoms with van der Waals surface area (Å²) in [6.45, 7) is 4.18. The van der Waals surface area contributed by atoms with Gasteiger partial charge < -0.3 is 19.5 Å². The van der Waals surface area contributed by atoms with Crippen molar-refractivity contribution in [2.45, 2.75) is 13.3 Å². The average molecular weight is 341 g/mol. The van der Waals surface area contributed by atoms with E-state index in [4.69, 9.17) is 4.74 Å². The van der Waals surface area contributed by atoms with Gasteiger partial charge in [0, 0.05) is 37.4 Å². The maximum atomic E-state index is 12.6. The maximum Gasteiger partial charge on any atom is 0.270 e. The molecular formula is C19H23N3O3. The second-order valence-electron chi connectivity index (χ2n) is 6.07. The number of aromatic nitrogens is 1. The Labute approximate surface area is 147 Å². The fourth-order valence-corrected chi connectivity index (χ4v) is 2.99. The van der Waals surface area contributed by atoms with Crippen LogP contribution in [0.5, 0.6) is 5.75 Å². The van der Waals surface area contributed by atoms with E-state index in [1.807, 2.05) is 31.2 Å². The lowest BCUT2D eigenvalue weighted by atomic mass is 10.1. The van der Waals surface area contributed by atoms with Crippen molar-refractivity contribution < 1.29 is 14.3 Å². The van der Waals surface area contributed by atoms with Crippen LogP contribution in [0.15, 0.2) is 36.4 Å². The maximum absolute atomic E-state index is 12.6. The number of amides is 2. The number of hydrogen-bond donors (Lipinski definition) is 1. The standard InChI is InChI=1S/C19H23N3O3/c1-3-15-7-8-17(20-15)19(24)22-11-9-21(10-12-22)18(23)14-5-4-6-16(13-14)25-2/h4-8,13,20H,3,9-12H2,1-2H3. The van der Waals surface area contributed by atoms with Crippen molar-refractivity contribution in [3.63, 3.8) is 0 Å². The van der Waals surface area contributed by atoms with Gasteiger partial charge in [-0.2, -0.15) is 0 Å². The molecule has 0 spiro atoms. The third-order valence-electron chi connectivity index (χ3n) is 4.53. The first-order chi connectivity index (χ1) is 12.1. The summed E-state index contributed by atoms with van der Waals surface area (Å²) >= 11 is 0. The van der Waals surface area contributed by atoms with E-state index in [9.17, 15) is 9.59 Å². The molecule has 0 atom stereocenters. The lowest BCUT2D eigenvalue weighted by Gasteiger charge is -2.34. The zero-order valence-electron chi connectivity index (χ0n) is 14.6. The number of methoxy groups -OCH3 is 1. The number of carbonyl (C=O) groups excluding carboxylic acids is 2. The zero-order valence-corrected chi connectivity index (χ0v) is 14.6. The lowest BCUT2D eigenvalue weighted by molar-refractivity contribution is 0.0532. The van der Waals surface area contributed by atoms with E-state index in [1.54, 1.807) is 29.0 Å². The third kappa shape index (κ3) is 3.68. The monoisotopic (exact) mass is 341 g/mol. The number of rotatable bonds is 4.